The van der Waals surface area contributed by atoms with Crippen molar-refractivity contribution in [1.82, 2.24) is 5.32 Å². The topological polar surface area (TPSA) is 32.3 Å². The number of hydrogen-bond acceptors (Lipinski definition) is 2. The molecule has 0 fully saturated rings. The third kappa shape index (κ3) is 3.87. The number of rotatable bonds is 4. The van der Waals surface area contributed by atoms with E-state index in [0.29, 0.717) is 11.0 Å². The molecule has 0 radical (unpaired) electrons. The van der Waals surface area contributed by atoms with Gasteiger partial charge in [-0.1, -0.05) is 38.4 Å². The van der Waals surface area contributed by atoms with E-state index in [2.05, 4.69) is 59.7 Å². The SMILES string of the molecule is C=C(Br)CNC(C)c1cc(Br)cc(Br)c1O. The normalized spacial score (nSPS) is 12.5. The molecular weight excluding hydrogens is 402 g/mol. The Hall–Kier alpha value is 0.160. The van der Waals surface area contributed by atoms with E-state index in [1.54, 1.807) is 0 Å². The summed E-state index contributed by atoms with van der Waals surface area (Å²) >= 11 is 10.00. The van der Waals surface area contributed by atoms with E-state index in [1.165, 1.54) is 0 Å². The van der Waals surface area contributed by atoms with Crippen molar-refractivity contribution in [1.29, 1.82) is 0 Å². The molecule has 0 heterocycles. The highest BCUT2D eigenvalue weighted by Gasteiger charge is 2.13. The molecule has 0 aromatic heterocycles. The van der Waals surface area contributed by atoms with E-state index >= 15 is 0 Å². The van der Waals surface area contributed by atoms with Crippen molar-refractivity contribution in [3.8, 4) is 5.75 Å². The van der Waals surface area contributed by atoms with E-state index < -0.39 is 0 Å². The molecule has 0 bridgehead atoms. The second kappa shape index (κ2) is 6.19. The van der Waals surface area contributed by atoms with Crippen molar-refractivity contribution in [2.45, 2.75) is 13.0 Å². The molecule has 1 atom stereocenters. The fourth-order valence-electron chi connectivity index (χ4n) is 1.29. The highest BCUT2D eigenvalue weighted by molar-refractivity contribution is 9.11. The summed E-state index contributed by atoms with van der Waals surface area (Å²) in [6.07, 6.45) is 0. The summed E-state index contributed by atoms with van der Waals surface area (Å²) in [5.74, 6) is 0.267. The van der Waals surface area contributed by atoms with Gasteiger partial charge in [0, 0.05) is 27.1 Å². The molecule has 5 heteroatoms. The minimum Gasteiger partial charge on any atom is -0.506 e. The van der Waals surface area contributed by atoms with Crippen LogP contribution in [0.3, 0.4) is 0 Å². The van der Waals surface area contributed by atoms with Crippen LogP contribution in [0.4, 0.5) is 0 Å². The Balaban J connectivity index is 2.90. The summed E-state index contributed by atoms with van der Waals surface area (Å²) in [6, 6.07) is 3.76. The van der Waals surface area contributed by atoms with Crippen molar-refractivity contribution < 1.29 is 5.11 Å². The van der Waals surface area contributed by atoms with Gasteiger partial charge in [-0.3, -0.25) is 0 Å². The van der Waals surface area contributed by atoms with Crippen LogP contribution >= 0.6 is 47.8 Å². The Labute approximate surface area is 121 Å². The molecule has 0 aliphatic carbocycles. The number of benzene rings is 1. The fourth-order valence-corrected chi connectivity index (χ4v) is 2.71. The molecule has 2 N–H and O–H groups in total. The second-order valence-corrected chi connectivity index (χ2v) is 6.34. The first-order chi connectivity index (χ1) is 7.41. The number of hydrogen-bond donors (Lipinski definition) is 2. The average molecular weight is 414 g/mol. The maximum absolute atomic E-state index is 9.92. The second-order valence-electron chi connectivity index (χ2n) is 3.45. The predicted octanol–water partition coefficient (Wildman–Crippen LogP) is 4.48. The van der Waals surface area contributed by atoms with Crippen molar-refractivity contribution in [2.24, 2.45) is 0 Å². The first-order valence-corrected chi connectivity index (χ1v) is 7.04. The average Bonchev–Trinajstić information content (AvgIpc) is 2.19. The molecule has 1 aromatic rings. The van der Waals surface area contributed by atoms with Gasteiger partial charge in [0.25, 0.3) is 0 Å². The largest absolute Gasteiger partial charge is 0.506 e. The monoisotopic (exact) mass is 411 g/mol. The minimum atomic E-state index is 0.0445. The summed E-state index contributed by atoms with van der Waals surface area (Å²) in [6.45, 7) is 6.40. The van der Waals surface area contributed by atoms with Gasteiger partial charge < -0.3 is 10.4 Å². The zero-order valence-electron chi connectivity index (χ0n) is 8.73. The van der Waals surface area contributed by atoms with Crippen molar-refractivity contribution in [2.75, 3.05) is 6.54 Å². The lowest BCUT2D eigenvalue weighted by atomic mass is 10.1. The van der Waals surface area contributed by atoms with Gasteiger partial charge >= 0.3 is 0 Å². The van der Waals surface area contributed by atoms with Crippen LogP contribution in [0, 0.1) is 0 Å². The maximum atomic E-state index is 9.92. The van der Waals surface area contributed by atoms with Gasteiger partial charge in [-0.05, 0) is 35.0 Å². The molecule has 0 spiro atoms. The Kier molecular flexibility index (Phi) is 5.50. The van der Waals surface area contributed by atoms with Gasteiger partial charge in [-0.25, -0.2) is 0 Å². The molecule has 0 aliphatic heterocycles. The van der Waals surface area contributed by atoms with E-state index in [-0.39, 0.29) is 11.8 Å². The van der Waals surface area contributed by atoms with E-state index in [9.17, 15) is 5.11 Å². The third-order valence-corrected chi connectivity index (χ3v) is 3.47. The van der Waals surface area contributed by atoms with Crippen LogP contribution in [0.15, 0.2) is 32.1 Å². The molecule has 16 heavy (non-hydrogen) atoms. The summed E-state index contributed by atoms with van der Waals surface area (Å²) in [5, 5.41) is 13.2. The molecular formula is C11H12Br3NO. The van der Waals surface area contributed by atoms with Gasteiger partial charge in [-0.15, -0.1) is 0 Å². The zero-order valence-corrected chi connectivity index (χ0v) is 13.5. The summed E-state index contributed by atoms with van der Waals surface area (Å²) < 4.78 is 2.49. The zero-order chi connectivity index (χ0) is 12.3. The Morgan fingerprint density at radius 3 is 2.69 bits per heavy atom. The van der Waals surface area contributed by atoms with Crippen molar-refractivity contribution in [3.63, 3.8) is 0 Å². The Morgan fingerprint density at radius 2 is 2.12 bits per heavy atom. The highest BCUT2D eigenvalue weighted by Crippen LogP contribution is 2.35. The van der Waals surface area contributed by atoms with Crippen LogP contribution in [-0.2, 0) is 0 Å². The first kappa shape index (κ1) is 14.2. The van der Waals surface area contributed by atoms with Crippen LogP contribution in [0.5, 0.6) is 5.75 Å². The lowest BCUT2D eigenvalue weighted by molar-refractivity contribution is 0.452. The first-order valence-electron chi connectivity index (χ1n) is 4.66. The van der Waals surface area contributed by atoms with Crippen molar-refractivity contribution in [3.05, 3.63) is 37.7 Å². The molecule has 1 aromatic carbocycles. The van der Waals surface area contributed by atoms with Gasteiger partial charge in [0.15, 0.2) is 0 Å². The summed E-state index contributed by atoms with van der Waals surface area (Å²) in [5.41, 5.74) is 0.843. The maximum Gasteiger partial charge on any atom is 0.134 e. The van der Waals surface area contributed by atoms with Gasteiger partial charge in [0.1, 0.15) is 5.75 Å². The van der Waals surface area contributed by atoms with E-state index in [1.807, 2.05) is 19.1 Å². The lowest BCUT2D eigenvalue weighted by Crippen LogP contribution is -2.19. The molecule has 0 saturated carbocycles. The van der Waals surface area contributed by atoms with Crippen LogP contribution in [0.25, 0.3) is 0 Å². The number of phenolic OH excluding ortho intramolecular Hbond substituents is 1. The standard InChI is InChI=1S/C11H12Br3NO/c1-6(12)5-15-7(2)9-3-8(13)4-10(14)11(9)16/h3-4,7,15-16H,1,5H2,2H3. The number of nitrogens with one attached hydrogen (secondary N) is 1. The number of halogens is 3. The predicted molar refractivity (Wildman–Crippen MR) is 78.0 cm³/mol. The summed E-state index contributed by atoms with van der Waals surface area (Å²) in [7, 11) is 0. The van der Waals surface area contributed by atoms with Crippen molar-refractivity contribution >= 4 is 47.8 Å². The van der Waals surface area contributed by atoms with Gasteiger partial charge in [0.05, 0.1) is 4.47 Å². The Morgan fingerprint density at radius 1 is 1.50 bits per heavy atom. The lowest BCUT2D eigenvalue weighted by Gasteiger charge is -2.16. The molecule has 0 aliphatic rings. The van der Waals surface area contributed by atoms with Gasteiger partial charge in [0.2, 0.25) is 0 Å². The summed E-state index contributed by atoms with van der Waals surface area (Å²) in [4.78, 5) is 0. The van der Waals surface area contributed by atoms with Gasteiger partial charge in [-0.2, -0.15) is 0 Å². The molecule has 0 saturated heterocycles. The van der Waals surface area contributed by atoms with E-state index in [0.717, 1.165) is 14.5 Å². The number of aromatic hydroxyl groups is 1. The Bertz CT molecular complexity index is 406. The molecule has 2 nitrogen and oxygen atoms in total. The van der Waals surface area contributed by atoms with Crippen LogP contribution in [-0.4, -0.2) is 11.7 Å². The smallest absolute Gasteiger partial charge is 0.134 e. The molecule has 0 amide bonds. The molecule has 88 valence electrons. The fraction of sp³-hybridized carbons (Fsp3) is 0.273. The van der Waals surface area contributed by atoms with Crippen LogP contribution < -0.4 is 5.32 Å². The van der Waals surface area contributed by atoms with Crippen LogP contribution in [0.1, 0.15) is 18.5 Å². The third-order valence-electron chi connectivity index (χ3n) is 2.12. The van der Waals surface area contributed by atoms with E-state index in [4.69, 9.17) is 0 Å². The molecule has 1 rings (SSSR count). The minimum absolute atomic E-state index is 0.0445. The highest BCUT2D eigenvalue weighted by atomic mass is 79.9. The van der Waals surface area contributed by atoms with Crippen LogP contribution in [0.2, 0.25) is 0 Å². The molecule has 1 unspecified atom stereocenters. The quantitative estimate of drug-likeness (QED) is 0.763. The number of phenols is 1.